The molecule has 1 aliphatic rings. The zero-order valence-corrected chi connectivity index (χ0v) is 25.0. The normalized spacial score (nSPS) is 15.3. The van der Waals surface area contributed by atoms with Gasteiger partial charge >= 0.3 is 0 Å². The Kier molecular flexibility index (Phi) is 8.88. The molecule has 1 heterocycles. The molecule has 0 aliphatic heterocycles. The van der Waals surface area contributed by atoms with Crippen LogP contribution >= 0.6 is 23.4 Å². The van der Waals surface area contributed by atoms with Gasteiger partial charge in [0.1, 0.15) is 0 Å². The molecule has 1 fully saturated rings. The van der Waals surface area contributed by atoms with E-state index in [2.05, 4.69) is 36.4 Å². The average molecular weight is 584 g/mol. The largest absolute Gasteiger partial charge is 0.846 e. The highest BCUT2D eigenvalue weighted by molar-refractivity contribution is 7.99. The Morgan fingerprint density at radius 3 is 2.59 bits per heavy atom. The van der Waals surface area contributed by atoms with Gasteiger partial charge in [0.15, 0.2) is 0 Å². The smallest absolute Gasteiger partial charge is 0.0724 e. The van der Waals surface area contributed by atoms with Crippen LogP contribution in [0.3, 0.4) is 0 Å². The van der Waals surface area contributed by atoms with E-state index in [4.69, 9.17) is 16.6 Å². The van der Waals surface area contributed by atoms with Gasteiger partial charge in [-0.3, -0.25) is 0 Å². The van der Waals surface area contributed by atoms with Crippen molar-refractivity contribution in [2.45, 2.75) is 56.8 Å². The van der Waals surface area contributed by atoms with E-state index in [1.807, 2.05) is 66.4 Å². The van der Waals surface area contributed by atoms with Crippen LogP contribution in [0.15, 0.2) is 78.9 Å². The number of carbonyl (C=O) groups excluding carboxylic acids is 1. The van der Waals surface area contributed by atoms with E-state index in [0.717, 1.165) is 64.7 Å². The monoisotopic (exact) mass is 583 g/mol. The van der Waals surface area contributed by atoms with Crippen LogP contribution in [-0.2, 0) is 16.8 Å². The predicted molar refractivity (Wildman–Crippen MR) is 166 cm³/mol. The second kappa shape index (κ2) is 12.4. The number of benzene rings is 3. The molecule has 4 nitrogen and oxygen atoms in total. The van der Waals surface area contributed by atoms with Crippen LogP contribution in [-0.4, -0.2) is 16.7 Å². The first-order chi connectivity index (χ1) is 19.6. The van der Waals surface area contributed by atoms with Gasteiger partial charge in [0, 0.05) is 21.6 Å². The Bertz CT molecular complexity index is 1570. The maximum absolute atomic E-state index is 12.8. The van der Waals surface area contributed by atoms with Crippen molar-refractivity contribution in [1.82, 2.24) is 4.98 Å². The fraction of sp³-hybridized carbons (Fsp3) is 0.314. The fourth-order valence-corrected chi connectivity index (χ4v) is 7.07. The number of rotatable bonds is 12. The summed E-state index contributed by atoms with van der Waals surface area (Å²) in [6.45, 7) is 3.42. The van der Waals surface area contributed by atoms with Crippen LogP contribution in [0.25, 0.3) is 23.1 Å². The van der Waals surface area contributed by atoms with Gasteiger partial charge in [0.2, 0.25) is 0 Å². The van der Waals surface area contributed by atoms with Crippen molar-refractivity contribution in [3.05, 3.63) is 112 Å². The van der Waals surface area contributed by atoms with E-state index in [-0.39, 0.29) is 17.1 Å². The Balaban J connectivity index is 1.37. The molecule has 0 radical (unpaired) electrons. The van der Waals surface area contributed by atoms with Crippen LogP contribution in [0.1, 0.15) is 72.7 Å². The number of carboxylic acid groups (broad SMARTS) is 1. The third-order valence-electron chi connectivity index (χ3n) is 7.81. The zero-order chi connectivity index (χ0) is 29.0. The molecule has 4 aromatic rings. The molecular formula is C35H34ClNO3S-2. The van der Waals surface area contributed by atoms with Gasteiger partial charge in [0.05, 0.1) is 11.2 Å². The first-order valence-electron chi connectivity index (χ1n) is 14.0. The van der Waals surface area contributed by atoms with E-state index >= 15 is 0 Å². The van der Waals surface area contributed by atoms with E-state index < -0.39 is 11.6 Å². The highest BCUT2D eigenvalue weighted by atomic mass is 35.5. The zero-order valence-electron chi connectivity index (χ0n) is 23.4. The summed E-state index contributed by atoms with van der Waals surface area (Å²) in [7, 11) is 0. The molecule has 212 valence electrons. The number of aromatic nitrogens is 1. The average Bonchev–Trinajstić information content (AvgIpc) is 3.70. The lowest BCUT2D eigenvalue weighted by atomic mass is 9.90. The van der Waals surface area contributed by atoms with Gasteiger partial charge in [-0.25, -0.2) is 4.98 Å². The lowest BCUT2D eigenvalue weighted by Gasteiger charge is -2.34. The SMILES string of the molecule is CC(C)([O-])c1ccccc1CC[C@@H](SCC1(CC(=O)[O-])CC1)c1cccc(/C=C/c2ccc3ccc(Cl)cc3n2)c1. The summed E-state index contributed by atoms with van der Waals surface area (Å²) >= 11 is 7.99. The minimum atomic E-state index is -1.17. The van der Waals surface area contributed by atoms with Crippen LogP contribution < -0.4 is 10.2 Å². The molecule has 0 spiro atoms. The van der Waals surface area contributed by atoms with Gasteiger partial charge in [-0.05, 0) is 84.2 Å². The molecule has 41 heavy (non-hydrogen) atoms. The first-order valence-corrected chi connectivity index (χ1v) is 15.5. The molecule has 1 aromatic heterocycles. The molecule has 0 N–H and O–H groups in total. The highest BCUT2D eigenvalue weighted by Crippen LogP contribution is 2.53. The molecule has 1 saturated carbocycles. The summed E-state index contributed by atoms with van der Waals surface area (Å²) < 4.78 is 0. The number of fused-ring (bicyclic) bond motifs is 1. The lowest BCUT2D eigenvalue weighted by Crippen LogP contribution is -2.34. The molecule has 1 atom stereocenters. The molecule has 3 aromatic carbocycles. The number of nitrogens with zero attached hydrogens (tertiary/aromatic N) is 1. The summed E-state index contributed by atoms with van der Waals surface area (Å²) in [5, 5.41) is 26.1. The topological polar surface area (TPSA) is 76.1 Å². The molecule has 5 rings (SSSR count). The molecular weight excluding hydrogens is 550 g/mol. The van der Waals surface area contributed by atoms with Crippen LogP contribution in [0.2, 0.25) is 5.02 Å². The number of pyridine rings is 1. The Hall–Kier alpha value is -3.12. The summed E-state index contributed by atoms with van der Waals surface area (Å²) in [6.07, 6.45) is 7.68. The van der Waals surface area contributed by atoms with Crippen molar-refractivity contribution in [2.24, 2.45) is 5.41 Å². The van der Waals surface area contributed by atoms with Gasteiger partial charge in [0.25, 0.3) is 0 Å². The number of hydrogen-bond acceptors (Lipinski definition) is 5. The number of halogens is 1. The third-order valence-corrected chi connectivity index (χ3v) is 9.74. The lowest BCUT2D eigenvalue weighted by molar-refractivity contribution is -0.475. The molecule has 6 heteroatoms. The molecule has 0 bridgehead atoms. The summed E-state index contributed by atoms with van der Waals surface area (Å²) in [5.41, 5.74) is 4.56. The third kappa shape index (κ3) is 7.79. The maximum atomic E-state index is 12.8. The molecule has 1 aliphatic carbocycles. The molecule has 0 unspecified atom stereocenters. The van der Waals surface area contributed by atoms with Crippen LogP contribution in [0.4, 0.5) is 0 Å². The fourth-order valence-electron chi connectivity index (χ4n) is 5.33. The quantitative estimate of drug-likeness (QED) is 0.180. The van der Waals surface area contributed by atoms with Gasteiger partial charge in [-0.1, -0.05) is 103 Å². The number of thioether (sulfide) groups is 1. The summed E-state index contributed by atoms with van der Waals surface area (Å²) in [4.78, 5) is 16.1. The van der Waals surface area contributed by atoms with Crippen LogP contribution in [0.5, 0.6) is 0 Å². The number of aliphatic carboxylic acids is 1. The Morgan fingerprint density at radius 1 is 1.05 bits per heavy atom. The standard InChI is InChI=1S/C35H35ClNO3S/c1-34(2,40)30-9-4-3-7-25(30)13-17-32(41-23-35(18-19-35)22-33(38)39)27-8-5-6-24(20-27)10-15-29-16-12-26-11-14-28(36)21-31(26)37-29/h3-12,14-16,20-21,32H,13,17-19,22-23H2,1-2H3,(H,38,39)/q-1/p-1/b15-10+/t32-/m1/s1. The van der Waals surface area contributed by atoms with Crippen molar-refractivity contribution in [1.29, 1.82) is 0 Å². The second-order valence-electron chi connectivity index (χ2n) is 11.6. The van der Waals surface area contributed by atoms with Crippen molar-refractivity contribution in [2.75, 3.05) is 5.75 Å². The number of carboxylic acids is 1. The highest BCUT2D eigenvalue weighted by Gasteiger charge is 2.42. The maximum Gasteiger partial charge on any atom is 0.0724 e. The van der Waals surface area contributed by atoms with Crippen molar-refractivity contribution >= 4 is 52.4 Å². The molecule has 0 saturated heterocycles. The van der Waals surface area contributed by atoms with Crippen molar-refractivity contribution in [3.63, 3.8) is 0 Å². The van der Waals surface area contributed by atoms with Gasteiger partial charge in [-0.2, -0.15) is 11.8 Å². The van der Waals surface area contributed by atoms with Crippen LogP contribution in [0, 0.1) is 5.41 Å². The van der Waals surface area contributed by atoms with E-state index in [0.29, 0.717) is 5.02 Å². The van der Waals surface area contributed by atoms with E-state index in [1.165, 1.54) is 5.56 Å². The van der Waals surface area contributed by atoms with E-state index in [9.17, 15) is 15.0 Å². The second-order valence-corrected chi connectivity index (χ2v) is 13.3. The minimum Gasteiger partial charge on any atom is -0.846 e. The van der Waals surface area contributed by atoms with Gasteiger partial charge < -0.3 is 15.0 Å². The van der Waals surface area contributed by atoms with E-state index in [1.54, 1.807) is 13.8 Å². The van der Waals surface area contributed by atoms with Crippen molar-refractivity contribution < 1.29 is 15.0 Å². The first kappa shape index (κ1) is 29.4. The minimum absolute atomic E-state index is 0.118. The number of hydrogen-bond donors (Lipinski definition) is 0. The summed E-state index contributed by atoms with van der Waals surface area (Å²) in [5.74, 6) is -0.188. The van der Waals surface area contributed by atoms with Crippen molar-refractivity contribution in [3.8, 4) is 0 Å². The Morgan fingerprint density at radius 2 is 1.83 bits per heavy atom. The predicted octanol–water partition coefficient (Wildman–Crippen LogP) is 6.98. The summed E-state index contributed by atoms with van der Waals surface area (Å²) in [6, 6.07) is 26.1. The van der Waals surface area contributed by atoms with Gasteiger partial charge in [-0.15, -0.1) is 0 Å². The molecule has 0 amide bonds. The number of carbonyl (C=O) groups is 1. The number of aryl methyl sites for hydroxylation is 1. The Labute approximate surface area is 251 Å².